The van der Waals surface area contributed by atoms with Crippen LogP contribution < -0.4 is 4.74 Å². The van der Waals surface area contributed by atoms with Crippen molar-refractivity contribution in [2.24, 2.45) is 0 Å². The molecule has 0 radical (unpaired) electrons. The Morgan fingerprint density at radius 2 is 1.61 bits per heavy atom. The summed E-state index contributed by atoms with van der Waals surface area (Å²) in [5.74, 6) is -0.281. The Hall–Kier alpha value is -3.20. The molecular weight excluding hydrogens is 348 g/mol. The zero-order valence-corrected chi connectivity index (χ0v) is 16.4. The Labute approximate surface area is 166 Å². The lowest BCUT2D eigenvalue weighted by molar-refractivity contribution is -0.135. The molecule has 0 aliphatic carbocycles. The fourth-order valence-corrected chi connectivity index (χ4v) is 3.01. The maximum atomic E-state index is 12.7. The number of carbonyl (C=O) groups excluding carboxylic acids is 2. The van der Waals surface area contributed by atoms with Gasteiger partial charge in [0.15, 0.2) is 5.78 Å². The molecule has 1 atom stereocenters. The van der Waals surface area contributed by atoms with Gasteiger partial charge in [-0.2, -0.15) is 0 Å². The molecule has 28 heavy (non-hydrogen) atoms. The Balaban J connectivity index is 1.80. The molecule has 0 N–H and O–H groups in total. The standard InChI is InChI=1S/C25H24O3/c1-4-19-14-13-17(2)23(15-19)28-25(27)18(3)21-11-8-12-22(16-21)24(26)20-9-6-5-7-10-20/h5-16,18H,4H2,1-3H3. The van der Waals surface area contributed by atoms with Gasteiger partial charge >= 0.3 is 5.97 Å². The van der Waals surface area contributed by atoms with E-state index < -0.39 is 5.92 Å². The summed E-state index contributed by atoms with van der Waals surface area (Å²) in [6, 6.07) is 22.2. The van der Waals surface area contributed by atoms with Crippen molar-refractivity contribution in [2.45, 2.75) is 33.1 Å². The van der Waals surface area contributed by atoms with E-state index >= 15 is 0 Å². The van der Waals surface area contributed by atoms with Crippen LogP contribution in [0.4, 0.5) is 0 Å². The zero-order valence-electron chi connectivity index (χ0n) is 16.4. The quantitative estimate of drug-likeness (QED) is 0.326. The van der Waals surface area contributed by atoms with Gasteiger partial charge in [-0.05, 0) is 49.1 Å². The van der Waals surface area contributed by atoms with Crippen molar-refractivity contribution >= 4 is 11.8 Å². The fourth-order valence-electron chi connectivity index (χ4n) is 3.01. The molecular formula is C25H24O3. The average molecular weight is 372 g/mol. The first-order chi connectivity index (χ1) is 13.5. The summed E-state index contributed by atoms with van der Waals surface area (Å²) in [5.41, 5.74) is 3.99. The zero-order chi connectivity index (χ0) is 20.1. The van der Waals surface area contributed by atoms with E-state index in [4.69, 9.17) is 4.74 Å². The summed E-state index contributed by atoms with van der Waals surface area (Å²) in [7, 11) is 0. The van der Waals surface area contributed by atoms with E-state index in [1.165, 1.54) is 0 Å². The molecule has 3 heteroatoms. The molecule has 0 aromatic heterocycles. The Bertz CT molecular complexity index is 990. The summed E-state index contributed by atoms with van der Waals surface area (Å²) in [4.78, 5) is 25.4. The maximum absolute atomic E-state index is 12.7. The number of benzene rings is 3. The molecule has 0 saturated carbocycles. The first kappa shape index (κ1) is 19.6. The lowest BCUT2D eigenvalue weighted by Crippen LogP contribution is -2.17. The number of rotatable bonds is 6. The Kier molecular flexibility index (Phi) is 6.05. The van der Waals surface area contributed by atoms with E-state index in [0.717, 1.165) is 23.1 Å². The molecule has 0 spiro atoms. The number of carbonyl (C=O) groups is 2. The van der Waals surface area contributed by atoms with Crippen LogP contribution in [0.2, 0.25) is 0 Å². The van der Waals surface area contributed by atoms with Crippen molar-refractivity contribution < 1.29 is 14.3 Å². The summed E-state index contributed by atoms with van der Waals surface area (Å²) >= 11 is 0. The van der Waals surface area contributed by atoms with Gasteiger partial charge in [0.1, 0.15) is 5.75 Å². The summed E-state index contributed by atoms with van der Waals surface area (Å²) < 4.78 is 5.66. The van der Waals surface area contributed by atoms with E-state index in [1.807, 2.05) is 49.4 Å². The normalized spacial score (nSPS) is 11.7. The van der Waals surface area contributed by atoms with Crippen LogP contribution in [-0.4, -0.2) is 11.8 Å². The first-order valence-electron chi connectivity index (χ1n) is 9.50. The van der Waals surface area contributed by atoms with Gasteiger partial charge in [-0.3, -0.25) is 9.59 Å². The number of ether oxygens (including phenoxy) is 1. The molecule has 0 heterocycles. The second kappa shape index (κ2) is 8.66. The van der Waals surface area contributed by atoms with Gasteiger partial charge in [0, 0.05) is 11.1 Å². The lowest BCUT2D eigenvalue weighted by Gasteiger charge is -2.14. The largest absolute Gasteiger partial charge is 0.426 e. The van der Waals surface area contributed by atoms with Crippen molar-refractivity contribution in [2.75, 3.05) is 0 Å². The van der Waals surface area contributed by atoms with Gasteiger partial charge in [0.2, 0.25) is 0 Å². The minimum absolute atomic E-state index is 0.0606. The lowest BCUT2D eigenvalue weighted by atomic mass is 9.96. The molecule has 0 aliphatic rings. The number of ketones is 1. The molecule has 3 rings (SSSR count). The number of esters is 1. The average Bonchev–Trinajstić information content (AvgIpc) is 2.74. The fraction of sp³-hybridized carbons (Fsp3) is 0.200. The van der Waals surface area contributed by atoms with Gasteiger partial charge in [-0.15, -0.1) is 0 Å². The van der Waals surface area contributed by atoms with Gasteiger partial charge in [0.25, 0.3) is 0 Å². The Morgan fingerprint density at radius 3 is 2.32 bits per heavy atom. The summed E-state index contributed by atoms with van der Waals surface area (Å²) in [6.45, 7) is 5.79. The predicted octanol–water partition coefficient (Wildman–Crippen LogP) is 5.50. The van der Waals surface area contributed by atoms with E-state index in [0.29, 0.717) is 16.9 Å². The molecule has 3 aromatic carbocycles. The monoisotopic (exact) mass is 372 g/mol. The van der Waals surface area contributed by atoms with E-state index in [1.54, 1.807) is 37.3 Å². The number of hydrogen-bond acceptors (Lipinski definition) is 3. The molecule has 142 valence electrons. The third-order valence-electron chi connectivity index (χ3n) is 4.91. The second-order valence-corrected chi connectivity index (χ2v) is 6.92. The van der Waals surface area contributed by atoms with Gasteiger partial charge < -0.3 is 4.74 Å². The van der Waals surface area contributed by atoms with Crippen LogP contribution in [0.3, 0.4) is 0 Å². The molecule has 3 aromatic rings. The number of aryl methyl sites for hydroxylation is 2. The molecule has 0 fully saturated rings. The highest BCUT2D eigenvalue weighted by Gasteiger charge is 2.20. The Morgan fingerprint density at radius 1 is 0.893 bits per heavy atom. The van der Waals surface area contributed by atoms with Gasteiger partial charge in [-0.1, -0.05) is 67.6 Å². The van der Waals surface area contributed by atoms with E-state index in [9.17, 15) is 9.59 Å². The summed E-state index contributed by atoms with van der Waals surface area (Å²) in [6.07, 6.45) is 0.879. The highest BCUT2D eigenvalue weighted by Crippen LogP contribution is 2.25. The second-order valence-electron chi connectivity index (χ2n) is 6.92. The molecule has 1 unspecified atom stereocenters. The first-order valence-corrected chi connectivity index (χ1v) is 9.50. The van der Waals surface area contributed by atoms with Crippen LogP contribution in [0.5, 0.6) is 5.75 Å². The molecule has 0 aliphatic heterocycles. The third kappa shape index (κ3) is 4.37. The summed E-state index contributed by atoms with van der Waals surface area (Å²) in [5, 5.41) is 0. The van der Waals surface area contributed by atoms with E-state index in [-0.39, 0.29) is 11.8 Å². The van der Waals surface area contributed by atoms with Crippen LogP contribution in [0.1, 0.15) is 52.4 Å². The van der Waals surface area contributed by atoms with Crippen molar-refractivity contribution in [3.8, 4) is 5.75 Å². The van der Waals surface area contributed by atoms with Gasteiger partial charge in [0.05, 0.1) is 5.92 Å². The molecule has 0 saturated heterocycles. The van der Waals surface area contributed by atoms with Crippen LogP contribution in [0.25, 0.3) is 0 Å². The van der Waals surface area contributed by atoms with E-state index in [2.05, 4.69) is 6.92 Å². The van der Waals surface area contributed by atoms with Gasteiger partial charge in [-0.25, -0.2) is 0 Å². The van der Waals surface area contributed by atoms with Crippen LogP contribution in [-0.2, 0) is 11.2 Å². The van der Waals surface area contributed by atoms with Crippen LogP contribution in [0.15, 0.2) is 72.8 Å². The highest BCUT2D eigenvalue weighted by atomic mass is 16.5. The molecule has 3 nitrogen and oxygen atoms in total. The highest BCUT2D eigenvalue weighted by molar-refractivity contribution is 6.09. The third-order valence-corrected chi connectivity index (χ3v) is 4.91. The topological polar surface area (TPSA) is 43.4 Å². The van der Waals surface area contributed by atoms with Crippen LogP contribution >= 0.6 is 0 Å². The van der Waals surface area contributed by atoms with Crippen molar-refractivity contribution in [3.05, 3.63) is 101 Å². The molecule has 0 bridgehead atoms. The number of hydrogen-bond donors (Lipinski definition) is 0. The smallest absolute Gasteiger partial charge is 0.318 e. The predicted molar refractivity (Wildman–Crippen MR) is 111 cm³/mol. The van der Waals surface area contributed by atoms with Crippen molar-refractivity contribution in [1.29, 1.82) is 0 Å². The van der Waals surface area contributed by atoms with Crippen molar-refractivity contribution in [1.82, 2.24) is 0 Å². The minimum Gasteiger partial charge on any atom is -0.426 e. The minimum atomic E-state index is -0.479. The molecule has 0 amide bonds. The SMILES string of the molecule is CCc1ccc(C)c(OC(=O)C(C)c2cccc(C(=O)c3ccccc3)c2)c1. The van der Waals surface area contributed by atoms with Crippen molar-refractivity contribution in [3.63, 3.8) is 0 Å². The van der Waals surface area contributed by atoms with Crippen LogP contribution in [0, 0.1) is 6.92 Å². The maximum Gasteiger partial charge on any atom is 0.318 e.